The molecule has 2 N–H and O–H groups in total. The summed E-state index contributed by atoms with van der Waals surface area (Å²) in [4.78, 5) is 5.70. The van der Waals surface area contributed by atoms with Gasteiger partial charge in [-0.05, 0) is 30.3 Å². The second kappa shape index (κ2) is 6.14. The zero-order valence-corrected chi connectivity index (χ0v) is 14.0. The molecule has 6 heteroatoms. The maximum absolute atomic E-state index is 8.85. The number of hydrogen-bond acceptors (Lipinski definition) is 5. The number of rotatable bonds is 5. The van der Waals surface area contributed by atoms with Crippen LogP contribution in [0.5, 0.6) is 5.75 Å². The zero-order valence-electron chi connectivity index (χ0n) is 13.2. The predicted octanol–water partition coefficient (Wildman–Crippen LogP) is 3.63. The van der Waals surface area contributed by atoms with Crippen LogP contribution in [0, 0.1) is 0 Å². The average Bonchev–Trinajstić information content (AvgIpc) is 3.17. The SMILES string of the molecule is CNc1ccc(-c2cn3c(n2)sc2cc(OCCO)ccc23)cc1. The molecule has 0 aliphatic rings. The van der Waals surface area contributed by atoms with Crippen LogP contribution >= 0.6 is 11.3 Å². The molecule has 122 valence electrons. The van der Waals surface area contributed by atoms with Crippen molar-refractivity contribution in [1.82, 2.24) is 9.38 Å². The fourth-order valence-corrected chi connectivity index (χ4v) is 3.72. The number of aliphatic hydroxyl groups is 1. The smallest absolute Gasteiger partial charge is 0.195 e. The van der Waals surface area contributed by atoms with Crippen molar-refractivity contribution >= 4 is 32.2 Å². The number of aromatic nitrogens is 2. The number of hydrogen-bond donors (Lipinski definition) is 2. The quantitative estimate of drug-likeness (QED) is 0.583. The summed E-state index contributed by atoms with van der Waals surface area (Å²) in [6.07, 6.45) is 2.07. The fourth-order valence-electron chi connectivity index (χ4n) is 2.68. The van der Waals surface area contributed by atoms with Crippen LogP contribution in [0.15, 0.2) is 48.7 Å². The summed E-state index contributed by atoms with van der Waals surface area (Å²) < 4.78 is 8.70. The molecule has 4 aromatic rings. The minimum Gasteiger partial charge on any atom is -0.491 e. The van der Waals surface area contributed by atoms with Gasteiger partial charge >= 0.3 is 0 Å². The third-order valence-electron chi connectivity index (χ3n) is 3.89. The molecule has 0 fully saturated rings. The first-order valence-corrected chi connectivity index (χ1v) is 8.53. The van der Waals surface area contributed by atoms with E-state index in [1.54, 1.807) is 11.3 Å². The predicted molar refractivity (Wildman–Crippen MR) is 98.1 cm³/mol. The number of benzene rings is 2. The first-order valence-electron chi connectivity index (χ1n) is 7.72. The molecule has 0 atom stereocenters. The van der Waals surface area contributed by atoms with Crippen molar-refractivity contribution in [2.45, 2.75) is 0 Å². The molecule has 2 aromatic carbocycles. The third-order valence-corrected chi connectivity index (χ3v) is 4.91. The standard InChI is InChI=1S/C18H17N3O2S/c1-19-13-4-2-12(3-5-13)15-11-21-16-7-6-14(23-9-8-22)10-17(16)24-18(21)20-15/h2-7,10-11,19,22H,8-9H2,1H3. The number of aliphatic hydroxyl groups excluding tert-OH is 1. The minimum absolute atomic E-state index is 0.0154. The van der Waals surface area contributed by atoms with Crippen LogP contribution < -0.4 is 10.1 Å². The number of imidazole rings is 1. The number of nitrogens with zero attached hydrogens (tertiary/aromatic N) is 2. The molecule has 2 aromatic heterocycles. The second-order valence-corrected chi connectivity index (χ2v) is 6.42. The van der Waals surface area contributed by atoms with Crippen molar-refractivity contribution in [2.75, 3.05) is 25.6 Å². The number of nitrogens with one attached hydrogen (secondary N) is 1. The van der Waals surface area contributed by atoms with Gasteiger partial charge < -0.3 is 15.2 Å². The lowest BCUT2D eigenvalue weighted by atomic mass is 10.1. The lowest BCUT2D eigenvalue weighted by molar-refractivity contribution is 0.201. The van der Waals surface area contributed by atoms with Gasteiger partial charge in [-0.2, -0.15) is 0 Å². The molecule has 0 spiro atoms. The van der Waals surface area contributed by atoms with E-state index in [1.165, 1.54) is 0 Å². The number of thiazole rings is 1. The molecule has 5 nitrogen and oxygen atoms in total. The van der Waals surface area contributed by atoms with Gasteiger partial charge in [-0.3, -0.25) is 4.40 Å². The summed E-state index contributed by atoms with van der Waals surface area (Å²) in [5.41, 5.74) is 4.25. The lowest BCUT2D eigenvalue weighted by Gasteiger charge is -2.03. The number of anilines is 1. The van der Waals surface area contributed by atoms with E-state index in [2.05, 4.69) is 28.0 Å². The normalized spacial score (nSPS) is 11.2. The van der Waals surface area contributed by atoms with E-state index in [0.717, 1.165) is 37.9 Å². The molecule has 0 bridgehead atoms. The van der Waals surface area contributed by atoms with Crippen LogP contribution in [0.25, 0.3) is 26.4 Å². The monoisotopic (exact) mass is 339 g/mol. The molecule has 0 aliphatic heterocycles. The Balaban J connectivity index is 1.72. The van der Waals surface area contributed by atoms with Crippen LogP contribution in [0.2, 0.25) is 0 Å². The molecule has 0 unspecified atom stereocenters. The Labute approximate surface area is 143 Å². The van der Waals surface area contributed by atoms with Crippen molar-refractivity contribution in [3.8, 4) is 17.0 Å². The first-order chi connectivity index (χ1) is 11.8. The molecule has 0 saturated carbocycles. The number of ether oxygens (including phenoxy) is 1. The Morgan fingerprint density at radius 3 is 2.79 bits per heavy atom. The molecule has 2 heterocycles. The van der Waals surface area contributed by atoms with E-state index in [1.807, 2.05) is 37.4 Å². The van der Waals surface area contributed by atoms with E-state index in [4.69, 9.17) is 14.8 Å². The Morgan fingerprint density at radius 2 is 2.04 bits per heavy atom. The Bertz CT molecular complexity index is 989. The fraction of sp³-hybridized carbons (Fsp3) is 0.167. The van der Waals surface area contributed by atoms with Crippen LogP contribution in [0.3, 0.4) is 0 Å². The van der Waals surface area contributed by atoms with E-state index < -0.39 is 0 Å². The molecular weight excluding hydrogens is 322 g/mol. The largest absolute Gasteiger partial charge is 0.491 e. The van der Waals surface area contributed by atoms with Crippen LogP contribution in [-0.2, 0) is 0 Å². The van der Waals surface area contributed by atoms with Gasteiger partial charge in [-0.15, -0.1) is 0 Å². The minimum atomic E-state index is 0.0154. The Hall–Kier alpha value is -2.57. The van der Waals surface area contributed by atoms with Gasteiger partial charge in [0.05, 0.1) is 22.5 Å². The Kier molecular flexibility index (Phi) is 3.84. The van der Waals surface area contributed by atoms with E-state index in [9.17, 15) is 0 Å². The second-order valence-electron chi connectivity index (χ2n) is 5.41. The third kappa shape index (κ3) is 2.60. The van der Waals surface area contributed by atoms with Crippen molar-refractivity contribution in [2.24, 2.45) is 0 Å². The van der Waals surface area contributed by atoms with Gasteiger partial charge in [0.2, 0.25) is 0 Å². The highest BCUT2D eigenvalue weighted by atomic mass is 32.1. The summed E-state index contributed by atoms with van der Waals surface area (Å²) >= 11 is 1.63. The molecule has 24 heavy (non-hydrogen) atoms. The maximum atomic E-state index is 8.85. The molecule has 4 rings (SSSR count). The van der Waals surface area contributed by atoms with Gasteiger partial charge in [0.25, 0.3) is 0 Å². The van der Waals surface area contributed by atoms with Crippen molar-refractivity contribution < 1.29 is 9.84 Å². The van der Waals surface area contributed by atoms with Crippen molar-refractivity contribution in [3.05, 3.63) is 48.7 Å². The molecule has 0 saturated heterocycles. The van der Waals surface area contributed by atoms with Crippen molar-refractivity contribution in [3.63, 3.8) is 0 Å². The summed E-state index contributed by atoms with van der Waals surface area (Å²) in [5, 5.41) is 12.0. The lowest BCUT2D eigenvalue weighted by Crippen LogP contribution is -2.01. The van der Waals surface area contributed by atoms with E-state index >= 15 is 0 Å². The van der Waals surface area contributed by atoms with Gasteiger partial charge in [0.15, 0.2) is 4.96 Å². The number of fused-ring (bicyclic) bond motifs is 3. The van der Waals surface area contributed by atoms with Crippen molar-refractivity contribution in [1.29, 1.82) is 0 Å². The van der Waals surface area contributed by atoms with Crippen LogP contribution in [-0.4, -0.2) is 34.8 Å². The highest BCUT2D eigenvalue weighted by Crippen LogP contribution is 2.32. The highest BCUT2D eigenvalue weighted by molar-refractivity contribution is 7.23. The molecular formula is C18H17N3O2S. The van der Waals surface area contributed by atoms with E-state index in [0.29, 0.717) is 6.61 Å². The summed E-state index contributed by atoms with van der Waals surface area (Å²) in [6, 6.07) is 14.2. The van der Waals surface area contributed by atoms with E-state index in [-0.39, 0.29) is 6.61 Å². The topological polar surface area (TPSA) is 58.8 Å². The Morgan fingerprint density at radius 1 is 1.21 bits per heavy atom. The van der Waals surface area contributed by atoms with Crippen LogP contribution in [0.4, 0.5) is 5.69 Å². The first kappa shape index (κ1) is 15.0. The highest BCUT2D eigenvalue weighted by Gasteiger charge is 2.11. The van der Waals surface area contributed by atoms with Crippen LogP contribution in [0.1, 0.15) is 0 Å². The summed E-state index contributed by atoms with van der Waals surface area (Å²) in [7, 11) is 1.91. The van der Waals surface area contributed by atoms with Gasteiger partial charge in [0, 0.05) is 24.5 Å². The zero-order chi connectivity index (χ0) is 16.5. The molecule has 0 radical (unpaired) electrons. The van der Waals surface area contributed by atoms with Gasteiger partial charge in [0.1, 0.15) is 12.4 Å². The van der Waals surface area contributed by atoms with Gasteiger partial charge in [-0.1, -0.05) is 23.5 Å². The van der Waals surface area contributed by atoms with Gasteiger partial charge in [-0.25, -0.2) is 4.98 Å². The summed E-state index contributed by atoms with van der Waals surface area (Å²) in [6.45, 7) is 0.322. The molecule has 0 aliphatic carbocycles. The maximum Gasteiger partial charge on any atom is 0.195 e. The summed E-state index contributed by atoms with van der Waals surface area (Å²) in [5.74, 6) is 0.768. The average molecular weight is 339 g/mol. The molecule has 0 amide bonds.